The molecule has 1 heterocycles. The zero-order chi connectivity index (χ0) is 18.2. The monoisotopic (exact) mass is 339 g/mol. The van der Waals surface area contributed by atoms with Gasteiger partial charge in [-0.2, -0.15) is 0 Å². The maximum Gasteiger partial charge on any atom is 0.157 e. The van der Waals surface area contributed by atoms with Gasteiger partial charge >= 0.3 is 0 Å². The van der Waals surface area contributed by atoms with E-state index in [4.69, 9.17) is 10.1 Å². The maximum atomic E-state index is 11.1. The summed E-state index contributed by atoms with van der Waals surface area (Å²) in [5, 5.41) is 17.1. The molecule has 0 radical (unpaired) electrons. The Bertz CT molecular complexity index is 785. The van der Waals surface area contributed by atoms with Gasteiger partial charge in [-0.15, -0.1) is 0 Å². The normalized spacial score (nSPS) is 11.4. The van der Waals surface area contributed by atoms with Gasteiger partial charge in [-0.05, 0) is 32.0 Å². The number of ether oxygens (including phenoxy) is 1. The van der Waals surface area contributed by atoms with Crippen LogP contribution in [0.5, 0.6) is 11.5 Å². The third-order valence-electron chi connectivity index (χ3n) is 3.42. The Morgan fingerprint density at radius 1 is 1.36 bits per heavy atom. The molecule has 2 rings (SSSR count). The van der Waals surface area contributed by atoms with Crippen molar-refractivity contribution in [1.82, 2.24) is 4.98 Å². The third kappa shape index (κ3) is 4.73. The van der Waals surface area contributed by atoms with E-state index in [1.54, 1.807) is 24.4 Å². The second kappa shape index (κ2) is 8.73. The Hall–Kier alpha value is -3.02. The van der Waals surface area contributed by atoms with Gasteiger partial charge in [0.25, 0.3) is 0 Å². The standard InChI is InChI=1S/C19H21N3O3/c1-13(2)22-16(8-9-20)19-14(5-4-10-21-19)12-25-18-7-3-6-17(24)15(18)11-23/h3-7,9-11,13,20,24H,8,12H2,1-2H3. The van der Waals surface area contributed by atoms with Crippen LogP contribution in [0.25, 0.3) is 0 Å². The molecule has 0 fully saturated rings. The number of aromatic nitrogens is 1. The average Bonchev–Trinajstić information content (AvgIpc) is 2.59. The van der Waals surface area contributed by atoms with Gasteiger partial charge in [-0.1, -0.05) is 12.1 Å². The SMILES string of the molecule is CC(C)N=C(CC=N)c1ncccc1COc1cccc(O)c1C=O. The Labute approximate surface area is 146 Å². The van der Waals surface area contributed by atoms with E-state index < -0.39 is 0 Å². The second-order valence-corrected chi connectivity index (χ2v) is 5.68. The number of hydrogen-bond acceptors (Lipinski definition) is 6. The number of nitrogens with zero attached hydrogens (tertiary/aromatic N) is 2. The molecule has 25 heavy (non-hydrogen) atoms. The van der Waals surface area contributed by atoms with Crippen molar-refractivity contribution in [2.45, 2.75) is 32.9 Å². The smallest absolute Gasteiger partial charge is 0.157 e. The number of hydrogen-bond donors (Lipinski definition) is 2. The number of phenols is 1. The fourth-order valence-corrected chi connectivity index (χ4v) is 2.37. The van der Waals surface area contributed by atoms with Gasteiger partial charge in [-0.3, -0.25) is 14.8 Å². The molecule has 0 bridgehead atoms. The molecule has 0 aliphatic carbocycles. The predicted octanol–water partition coefficient (Wildman–Crippen LogP) is 3.42. The minimum Gasteiger partial charge on any atom is -0.507 e. The summed E-state index contributed by atoms with van der Waals surface area (Å²) in [7, 11) is 0. The van der Waals surface area contributed by atoms with Crippen molar-refractivity contribution < 1.29 is 14.6 Å². The minimum atomic E-state index is -0.121. The number of aliphatic imine (C=N–C) groups is 1. The lowest BCUT2D eigenvalue weighted by Crippen LogP contribution is -2.12. The first-order valence-corrected chi connectivity index (χ1v) is 7.96. The molecule has 0 saturated carbocycles. The zero-order valence-corrected chi connectivity index (χ0v) is 14.3. The molecule has 6 heteroatoms. The number of carbonyl (C=O) groups excluding carboxylic acids is 1. The van der Waals surface area contributed by atoms with E-state index in [0.717, 1.165) is 11.3 Å². The molecule has 2 aromatic rings. The highest BCUT2D eigenvalue weighted by atomic mass is 16.5. The largest absolute Gasteiger partial charge is 0.507 e. The van der Waals surface area contributed by atoms with Crippen LogP contribution in [0.15, 0.2) is 41.5 Å². The lowest BCUT2D eigenvalue weighted by molar-refractivity contribution is 0.111. The fourth-order valence-electron chi connectivity index (χ4n) is 2.37. The molecule has 2 N–H and O–H groups in total. The van der Waals surface area contributed by atoms with Crippen LogP contribution in [0, 0.1) is 5.41 Å². The van der Waals surface area contributed by atoms with Crippen LogP contribution in [0.3, 0.4) is 0 Å². The number of benzene rings is 1. The zero-order valence-electron chi connectivity index (χ0n) is 14.3. The molecule has 0 saturated heterocycles. The van der Waals surface area contributed by atoms with Crippen molar-refractivity contribution in [2.75, 3.05) is 0 Å². The Morgan fingerprint density at radius 3 is 2.84 bits per heavy atom. The summed E-state index contributed by atoms with van der Waals surface area (Å²) in [5.74, 6) is 0.184. The number of nitrogens with one attached hydrogen (secondary N) is 1. The number of carbonyl (C=O) groups is 1. The van der Waals surface area contributed by atoms with Gasteiger partial charge < -0.3 is 15.3 Å². The topological polar surface area (TPSA) is 95.6 Å². The van der Waals surface area contributed by atoms with Crippen molar-refractivity contribution >= 4 is 18.2 Å². The molecule has 0 aliphatic heterocycles. The number of aldehydes is 1. The summed E-state index contributed by atoms with van der Waals surface area (Å²) in [6.45, 7) is 4.10. The highest BCUT2D eigenvalue weighted by Gasteiger charge is 2.13. The summed E-state index contributed by atoms with van der Waals surface area (Å²) < 4.78 is 5.73. The highest BCUT2D eigenvalue weighted by Crippen LogP contribution is 2.26. The lowest BCUT2D eigenvalue weighted by Gasteiger charge is -2.13. The van der Waals surface area contributed by atoms with Crippen molar-refractivity contribution in [3.63, 3.8) is 0 Å². The van der Waals surface area contributed by atoms with Crippen molar-refractivity contribution in [2.24, 2.45) is 4.99 Å². The van der Waals surface area contributed by atoms with Gasteiger partial charge in [-0.25, -0.2) is 0 Å². The molecule has 1 aromatic heterocycles. The van der Waals surface area contributed by atoms with Crippen LogP contribution in [0.4, 0.5) is 0 Å². The summed E-state index contributed by atoms with van der Waals surface area (Å²) in [4.78, 5) is 20.1. The minimum absolute atomic E-state index is 0.0819. The van der Waals surface area contributed by atoms with Gasteiger partial charge in [0.15, 0.2) is 6.29 Å². The van der Waals surface area contributed by atoms with Gasteiger partial charge in [0.1, 0.15) is 18.1 Å². The number of pyridine rings is 1. The molecule has 130 valence electrons. The van der Waals surface area contributed by atoms with Gasteiger partial charge in [0.2, 0.25) is 0 Å². The Morgan fingerprint density at radius 2 is 2.16 bits per heavy atom. The molecule has 0 spiro atoms. The average molecular weight is 339 g/mol. The maximum absolute atomic E-state index is 11.1. The first kappa shape index (κ1) is 18.3. The Balaban J connectivity index is 2.31. The van der Waals surface area contributed by atoms with E-state index in [1.807, 2.05) is 19.9 Å². The summed E-state index contributed by atoms with van der Waals surface area (Å²) in [6.07, 6.45) is 3.91. The van der Waals surface area contributed by atoms with E-state index >= 15 is 0 Å². The first-order chi connectivity index (χ1) is 12.1. The molecular weight excluding hydrogens is 318 g/mol. The summed E-state index contributed by atoms with van der Waals surface area (Å²) in [5.41, 5.74) is 2.30. The molecule has 0 unspecified atom stereocenters. The third-order valence-corrected chi connectivity index (χ3v) is 3.42. The summed E-state index contributed by atoms with van der Waals surface area (Å²) in [6, 6.07) is 8.42. The van der Waals surface area contributed by atoms with Crippen LogP contribution in [0.1, 0.15) is 41.9 Å². The van der Waals surface area contributed by atoms with Crippen molar-refractivity contribution in [1.29, 1.82) is 5.41 Å². The fraction of sp³-hybridized carbons (Fsp3) is 0.263. The van der Waals surface area contributed by atoms with Crippen LogP contribution < -0.4 is 4.74 Å². The summed E-state index contributed by atoms with van der Waals surface area (Å²) >= 11 is 0. The van der Waals surface area contributed by atoms with Crippen LogP contribution in [-0.2, 0) is 6.61 Å². The van der Waals surface area contributed by atoms with Crippen molar-refractivity contribution in [3.05, 3.63) is 53.3 Å². The van der Waals surface area contributed by atoms with E-state index in [1.165, 1.54) is 12.3 Å². The number of aromatic hydroxyl groups is 1. The van der Waals surface area contributed by atoms with Crippen LogP contribution in [-0.4, -0.2) is 34.3 Å². The second-order valence-electron chi connectivity index (χ2n) is 5.68. The molecule has 0 atom stereocenters. The van der Waals surface area contributed by atoms with E-state index in [2.05, 4.69) is 9.98 Å². The van der Waals surface area contributed by atoms with Gasteiger partial charge in [0, 0.05) is 30.4 Å². The predicted molar refractivity (Wildman–Crippen MR) is 97.1 cm³/mol. The van der Waals surface area contributed by atoms with E-state index in [9.17, 15) is 9.90 Å². The highest BCUT2D eigenvalue weighted by molar-refractivity contribution is 6.06. The molecular formula is C19H21N3O3. The van der Waals surface area contributed by atoms with E-state index in [-0.39, 0.29) is 24.0 Å². The molecule has 6 nitrogen and oxygen atoms in total. The van der Waals surface area contributed by atoms with Crippen molar-refractivity contribution in [3.8, 4) is 11.5 Å². The lowest BCUT2D eigenvalue weighted by atomic mass is 10.1. The Kier molecular flexibility index (Phi) is 6.39. The first-order valence-electron chi connectivity index (χ1n) is 7.96. The van der Waals surface area contributed by atoms with Crippen LogP contribution >= 0.6 is 0 Å². The van der Waals surface area contributed by atoms with Crippen LogP contribution in [0.2, 0.25) is 0 Å². The number of phenolic OH excluding ortho intramolecular Hbond substituents is 1. The van der Waals surface area contributed by atoms with Gasteiger partial charge in [0.05, 0.1) is 17.0 Å². The molecule has 1 aromatic carbocycles. The van der Waals surface area contributed by atoms with E-state index in [0.29, 0.717) is 24.2 Å². The number of rotatable bonds is 8. The molecule has 0 aliphatic rings. The quantitative estimate of drug-likeness (QED) is 0.569. The molecule has 0 amide bonds.